The monoisotopic (exact) mass is 253 g/mol. The van der Waals surface area contributed by atoms with Gasteiger partial charge in [0.05, 0.1) is 6.04 Å². The van der Waals surface area contributed by atoms with Gasteiger partial charge in [0.25, 0.3) is 0 Å². The van der Waals surface area contributed by atoms with E-state index in [1.807, 2.05) is 6.92 Å². The molecule has 18 heavy (non-hydrogen) atoms. The summed E-state index contributed by atoms with van der Waals surface area (Å²) in [7, 11) is 4.26. The molecule has 1 amide bonds. The highest BCUT2D eigenvalue weighted by molar-refractivity contribution is 5.82. The zero-order valence-electron chi connectivity index (χ0n) is 11.9. The van der Waals surface area contributed by atoms with Crippen molar-refractivity contribution in [1.82, 2.24) is 9.80 Å². The van der Waals surface area contributed by atoms with Gasteiger partial charge in [0.1, 0.15) is 0 Å². The van der Waals surface area contributed by atoms with Crippen LogP contribution in [0.3, 0.4) is 0 Å². The molecule has 2 saturated carbocycles. The highest BCUT2D eigenvalue weighted by Gasteiger charge is 2.42. The third kappa shape index (κ3) is 2.86. The molecule has 4 heteroatoms. The first-order valence-corrected chi connectivity index (χ1v) is 7.26. The van der Waals surface area contributed by atoms with E-state index in [0.717, 1.165) is 19.3 Å². The Bertz CT molecular complexity index is 299. The molecule has 0 spiro atoms. The average molecular weight is 253 g/mol. The summed E-state index contributed by atoms with van der Waals surface area (Å²) >= 11 is 0. The van der Waals surface area contributed by atoms with Gasteiger partial charge >= 0.3 is 0 Å². The summed E-state index contributed by atoms with van der Waals surface area (Å²) in [5, 5.41) is 0. The minimum Gasteiger partial charge on any atom is -0.334 e. The molecule has 0 radical (unpaired) electrons. The van der Waals surface area contributed by atoms with Gasteiger partial charge in [-0.3, -0.25) is 4.79 Å². The molecule has 0 aromatic heterocycles. The molecular weight excluding hydrogens is 226 g/mol. The predicted octanol–water partition coefficient (Wildman–Crippen LogP) is 1.20. The van der Waals surface area contributed by atoms with Crippen LogP contribution in [0.4, 0.5) is 0 Å². The lowest BCUT2D eigenvalue weighted by molar-refractivity contribution is -0.137. The third-order valence-corrected chi connectivity index (χ3v) is 4.30. The summed E-state index contributed by atoms with van der Waals surface area (Å²) in [4.78, 5) is 16.8. The van der Waals surface area contributed by atoms with Gasteiger partial charge in [-0.15, -0.1) is 0 Å². The largest absolute Gasteiger partial charge is 0.334 e. The maximum Gasteiger partial charge on any atom is 0.239 e. The summed E-state index contributed by atoms with van der Waals surface area (Å²) in [6.45, 7) is 1.81. The van der Waals surface area contributed by atoms with Crippen molar-refractivity contribution in [1.29, 1.82) is 0 Å². The fourth-order valence-corrected chi connectivity index (χ4v) is 3.22. The van der Waals surface area contributed by atoms with Gasteiger partial charge in [-0.05, 0) is 46.7 Å². The summed E-state index contributed by atoms with van der Waals surface area (Å²) in [6.07, 6.45) is 7.18. The summed E-state index contributed by atoms with van der Waals surface area (Å²) in [5.74, 6) is 0.149. The first-order valence-electron chi connectivity index (χ1n) is 7.26. The van der Waals surface area contributed by atoms with Gasteiger partial charge in [-0.1, -0.05) is 12.8 Å². The lowest BCUT2D eigenvalue weighted by atomic mass is 9.88. The lowest BCUT2D eigenvalue weighted by Crippen LogP contribution is -2.57. The lowest BCUT2D eigenvalue weighted by Gasteiger charge is -2.43. The SMILES string of the molecule is C[C@H](N)C(=O)N(C1CC1)[C@@H]1CCCC[C@H]1N(C)C. The normalized spacial score (nSPS) is 30.3. The number of carbonyl (C=O) groups excluding carboxylic acids is 1. The van der Waals surface area contributed by atoms with Crippen molar-refractivity contribution < 1.29 is 4.79 Å². The predicted molar refractivity (Wildman–Crippen MR) is 73.2 cm³/mol. The Hall–Kier alpha value is -0.610. The van der Waals surface area contributed by atoms with Crippen molar-refractivity contribution in [3.63, 3.8) is 0 Å². The fraction of sp³-hybridized carbons (Fsp3) is 0.929. The van der Waals surface area contributed by atoms with Crippen LogP contribution in [0.25, 0.3) is 0 Å². The van der Waals surface area contributed by atoms with E-state index in [1.54, 1.807) is 0 Å². The van der Waals surface area contributed by atoms with Crippen LogP contribution in [0.1, 0.15) is 45.4 Å². The van der Waals surface area contributed by atoms with Crippen LogP contribution in [-0.2, 0) is 4.79 Å². The Morgan fingerprint density at radius 2 is 1.67 bits per heavy atom. The molecule has 0 aromatic carbocycles. The first-order chi connectivity index (χ1) is 8.52. The molecule has 0 aromatic rings. The second-order valence-corrected chi connectivity index (χ2v) is 6.15. The number of amides is 1. The van der Waals surface area contributed by atoms with Crippen LogP contribution >= 0.6 is 0 Å². The van der Waals surface area contributed by atoms with Crippen molar-refractivity contribution in [2.75, 3.05) is 14.1 Å². The number of hydrogen-bond acceptors (Lipinski definition) is 3. The molecule has 2 fully saturated rings. The zero-order valence-corrected chi connectivity index (χ0v) is 11.9. The summed E-state index contributed by atoms with van der Waals surface area (Å²) in [5.41, 5.74) is 5.83. The highest BCUT2D eigenvalue weighted by atomic mass is 16.2. The van der Waals surface area contributed by atoms with E-state index in [4.69, 9.17) is 5.73 Å². The van der Waals surface area contributed by atoms with Crippen molar-refractivity contribution >= 4 is 5.91 Å². The average Bonchev–Trinajstić information content (AvgIpc) is 3.14. The van der Waals surface area contributed by atoms with Crippen molar-refractivity contribution in [3.8, 4) is 0 Å². The second kappa shape index (κ2) is 5.57. The van der Waals surface area contributed by atoms with E-state index in [0.29, 0.717) is 18.1 Å². The second-order valence-electron chi connectivity index (χ2n) is 6.15. The summed E-state index contributed by atoms with van der Waals surface area (Å²) < 4.78 is 0. The van der Waals surface area contributed by atoms with Gasteiger partial charge < -0.3 is 15.5 Å². The Balaban J connectivity index is 2.15. The topological polar surface area (TPSA) is 49.6 Å². The van der Waals surface area contributed by atoms with Crippen LogP contribution < -0.4 is 5.73 Å². The highest BCUT2D eigenvalue weighted by Crippen LogP contribution is 2.35. The van der Waals surface area contributed by atoms with Crippen molar-refractivity contribution in [2.24, 2.45) is 5.73 Å². The first kappa shape index (κ1) is 13.8. The molecule has 0 unspecified atom stereocenters. The molecule has 2 aliphatic carbocycles. The van der Waals surface area contributed by atoms with Crippen LogP contribution in [0.15, 0.2) is 0 Å². The number of nitrogens with zero attached hydrogens (tertiary/aromatic N) is 2. The smallest absolute Gasteiger partial charge is 0.239 e. The summed E-state index contributed by atoms with van der Waals surface area (Å²) in [6, 6.07) is 0.978. The molecule has 2 rings (SSSR count). The van der Waals surface area contributed by atoms with Crippen molar-refractivity contribution in [2.45, 2.75) is 69.6 Å². The minimum atomic E-state index is -0.365. The van der Waals surface area contributed by atoms with Gasteiger partial charge in [-0.25, -0.2) is 0 Å². The van der Waals surface area contributed by atoms with Gasteiger partial charge in [0.15, 0.2) is 0 Å². The Labute approximate surface area is 110 Å². The number of carbonyl (C=O) groups is 1. The van der Waals surface area contributed by atoms with Crippen LogP contribution in [0.2, 0.25) is 0 Å². The minimum absolute atomic E-state index is 0.149. The molecule has 2 N–H and O–H groups in total. The number of rotatable bonds is 4. The van der Waals surface area contributed by atoms with E-state index in [1.165, 1.54) is 19.3 Å². The van der Waals surface area contributed by atoms with Crippen molar-refractivity contribution in [3.05, 3.63) is 0 Å². The van der Waals surface area contributed by atoms with E-state index < -0.39 is 0 Å². The van der Waals surface area contributed by atoms with E-state index >= 15 is 0 Å². The fourth-order valence-electron chi connectivity index (χ4n) is 3.22. The Kier molecular flexibility index (Phi) is 4.28. The van der Waals surface area contributed by atoms with E-state index in [2.05, 4.69) is 23.9 Å². The molecule has 104 valence electrons. The van der Waals surface area contributed by atoms with Gasteiger partial charge in [0, 0.05) is 18.1 Å². The number of likely N-dealkylation sites (N-methyl/N-ethyl adjacent to an activating group) is 1. The zero-order chi connectivity index (χ0) is 13.3. The molecule has 3 atom stereocenters. The molecule has 0 aliphatic heterocycles. The molecule has 0 heterocycles. The maximum absolute atomic E-state index is 12.4. The number of hydrogen-bond donors (Lipinski definition) is 1. The van der Waals surface area contributed by atoms with Crippen LogP contribution in [0.5, 0.6) is 0 Å². The molecule has 2 aliphatic rings. The maximum atomic E-state index is 12.4. The quantitative estimate of drug-likeness (QED) is 0.819. The third-order valence-electron chi connectivity index (χ3n) is 4.30. The van der Waals surface area contributed by atoms with Crippen LogP contribution in [0, 0.1) is 0 Å². The Morgan fingerprint density at radius 1 is 1.11 bits per heavy atom. The van der Waals surface area contributed by atoms with Gasteiger partial charge in [0.2, 0.25) is 5.91 Å². The standard InChI is InChI=1S/C14H27N3O/c1-10(15)14(18)17(11-8-9-11)13-7-5-4-6-12(13)16(2)3/h10-13H,4-9,15H2,1-3H3/t10-,12+,13+/m0/s1. The molecule has 4 nitrogen and oxygen atoms in total. The Morgan fingerprint density at radius 3 is 2.11 bits per heavy atom. The number of nitrogens with two attached hydrogens (primary N) is 1. The van der Waals surface area contributed by atoms with Gasteiger partial charge in [-0.2, -0.15) is 0 Å². The molecule has 0 saturated heterocycles. The molecule has 0 bridgehead atoms. The van der Waals surface area contributed by atoms with E-state index in [-0.39, 0.29) is 11.9 Å². The van der Waals surface area contributed by atoms with E-state index in [9.17, 15) is 4.79 Å². The molecular formula is C14H27N3O. The van der Waals surface area contributed by atoms with Crippen LogP contribution in [-0.4, -0.2) is 54.0 Å².